The molecule has 2 aromatic rings. The first-order valence-corrected chi connectivity index (χ1v) is 8.45. The molecular formula is C18H20F2N4O2. The molecule has 3 rings (SSSR count). The Morgan fingerprint density at radius 2 is 2.12 bits per heavy atom. The molecule has 0 bridgehead atoms. The predicted molar refractivity (Wildman–Crippen MR) is 91.9 cm³/mol. The summed E-state index contributed by atoms with van der Waals surface area (Å²) >= 11 is 0. The van der Waals surface area contributed by atoms with Crippen LogP contribution in [0.4, 0.5) is 14.7 Å². The Balaban J connectivity index is 1.55. The van der Waals surface area contributed by atoms with Gasteiger partial charge in [-0.15, -0.1) is 0 Å². The number of piperidine rings is 1. The van der Waals surface area contributed by atoms with Gasteiger partial charge in [0.05, 0.1) is 5.92 Å². The number of hydrogen-bond acceptors (Lipinski definition) is 5. The van der Waals surface area contributed by atoms with E-state index < -0.39 is 6.61 Å². The van der Waals surface area contributed by atoms with E-state index in [4.69, 9.17) is 0 Å². The number of amides is 1. The largest absolute Gasteiger partial charge is 0.435 e. The molecule has 0 aliphatic carbocycles. The van der Waals surface area contributed by atoms with E-state index in [1.165, 1.54) is 12.1 Å². The standard InChI is InChI=1S/C18H20F2N4O2/c19-17(20)26-15-6-1-4-13(10-15)11-23-16(25)14-5-2-9-24(12-14)18-21-7-3-8-22-18/h1,3-4,6-8,10,14,17H,2,5,9,11-12H2,(H,23,25)/t14-/m0/s1. The van der Waals surface area contributed by atoms with Gasteiger partial charge in [-0.25, -0.2) is 9.97 Å². The highest BCUT2D eigenvalue weighted by atomic mass is 19.3. The summed E-state index contributed by atoms with van der Waals surface area (Å²) in [4.78, 5) is 22.9. The number of carbonyl (C=O) groups is 1. The maximum absolute atomic E-state index is 12.5. The Labute approximate surface area is 150 Å². The molecule has 1 aromatic carbocycles. The first kappa shape index (κ1) is 18.0. The lowest BCUT2D eigenvalue weighted by Gasteiger charge is -2.31. The van der Waals surface area contributed by atoms with Gasteiger partial charge in [0, 0.05) is 32.0 Å². The van der Waals surface area contributed by atoms with Crippen molar-refractivity contribution in [3.8, 4) is 5.75 Å². The number of hydrogen-bond donors (Lipinski definition) is 1. The van der Waals surface area contributed by atoms with E-state index in [1.807, 2.05) is 4.90 Å². The lowest BCUT2D eigenvalue weighted by Crippen LogP contribution is -2.43. The summed E-state index contributed by atoms with van der Waals surface area (Å²) in [5.41, 5.74) is 0.704. The molecule has 26 heavy (non-hydrogen) atoms. The number of ether oxygens (including phenoxy) is 1. The van der Waals surface area contributed by atoms with Gasteiger partial charge >= 0.3 is 6.61 Å². The van der Waals surface area contributed by atoms with Crippen molar-refractivity contribution in [2.24, 2.45) is 5.92 Å². The van der Waals surface area contributed by atoms with Crippen molar-refractivity contribution in [2.45, 2.75) is 26.0 Å². The predicted octanol–water partition coefficient (Wildman–Crippen LogP) is 2.61. The van der Waals surface area contributed by atoms with Crippen LogP contribution in [-0.4, -0.2) is 35.6 Å². The molecule has 1 N–H and O–H groups in total. The van der Waals surface area contributed by atoms with Gasteiger partial charge in [-0.2, -0.15) is 8.78 Å². The van der Waals surface area contributed by atoms with E-state index in [-0.39, 0.29) is 24.1 Å². The van der Waals surface area contributed by atoms with E-state index in [2.05, 4.69) is 20.0 Å². The highest BCUT2D eigenvalue weighted by Gasteiger charge is 2.26. The molecule has 1 atom stereocenters. The molecule has 0 unspecified atom stereocenters. The lowest BCUT2D eigenvalue weighted by atomic mass is 9.97. The van der Waals surface area contributed by atoms with E-state index in [0.717, 1.165) is 19.4 Å². The maximum atomic E-state index is 12.5. The Morgan fingerprint density at radius 3 is 2.88 bits per heavy atom. The smallest absolute Gasteiger partial charge is 0.387 e. The van der Waals surface area contributed by atoms with Crippen LogP contribution in [0.3, 0.4) is 0 Å². The molecule has 1 aliphatic rings. The second-order valence-electron chi connectivity index (χ2n) is 6.08. The van der Waals surface area contributed by atoms with Crippen LogP contribution in [0.5, 0.6) is 5.75 Å². The number of halogens is 2. The second-order valence-corrected chi connectivity index (χ2v) is 6.08. The molecule has 1 amide bonds. The molecule has 138 valence electrons. The number of rotatable bonds is 6. The number of alkyl halides is 2. The van der Waals surface area contributed by atoms with Crippen LogP contribution in [0.2, 0.25) is 0 Å². The fourth-order valence-corrected chi connectivity index (χ4v) is 2.99. The molecule has 1 aromatic heterocycles. The van der Waals surface area contributed by atoms with Gasteiger partial charge in [-0.1, -0.05) is 12.1 Å². The molecule has 0 spiro atoms. The number of nitrogens with zero attached hydrogens (tertiary/aromatic N) is 3. The SMILES string of the molecule is O=C(NCc1cccc(OC(F)F)c1)[C@H]1CCCN(c2ncccn2)C1. The van der Waals surface area contributed by atoms with Crippen molar-refractivity contribution in [1.82, 2.24) is 15.3 Å². The minimum atomic E-state index is -2.87. The Kier molecular flexibility index (Phi) is 5.93. The van der Waals surface area contributed by atoms with Gasteiger partial charge in [0.1, 0.15) is 5.75 Å². The quantitative estimate of drug-likeness (QED) is 0.856. The molecule has 2 heterocycles. The average Bonchev–Trinajstić information content (AvgIpc) is 2.67. The maximum Gasteiger partial charge on any atom is 0.387 e. The molecular weight excluding hydrogens is 342 g/mol. The van der Waals surface area contributed by atoms with Gasteiger partial charge in [0.2, 0.25) is 11.9 Å². The van der Waals surface area contributed by atoms with Crippen LogP contribution >= 0.6 is 0 Å². The van der Waals surface area contributed by atoms with Gasteiger partial charge < -0.3 is 15.0 Å². The summed E-state index contributed by atoms with van der Waals surface area (Å²) in [5.74, 6) is 0.484. The Hall–Kier alpha value is -2.77. The summed E-state index contributed by atoms with van der Waals surface area (Å²) in [5, 5.41) is 2.87. The normalized spacial score (nSPS) is 17.2. The van der Waals surface area contributed by atoms with Gasteiger partial charge in [0.15, 0.2) is 0 Å². The Bertz CT molecular complexity index is 730. The average molecular weight is 362 g/mol. The zero-order chi connectivity index (χ0) is 18.4. The monoisotopic (exact) mass is 362 g/mol. The van der Waals surface area contributed by atoms with Crippen LogP contribution in [0.25, 0.3) is 0 Å². The third-order valence-electron chi connectivity index (χ3n) is 4.22. The number of carbonyl (C=O) groups excluding carboxylic acids is 1. The zero-order valence-electron chi connectivity index (χ0n) is 14.1. The minimum absolute atomic E-state index is 0.0641. The molecule has 1 fully saturated rings. The molecule has 6 nitrogen and oxygen atoms in total. The van der Waals surface area contributed by atoms with Gasteiger partial charge in [0.25, 0.3) is 0 Å². The third-order valence-corrected chi connectivity index (χ3v) is 4.22. The van der Waals surface area contributed by atoms with Crippen LogP contribution < -0.4 is 15.0 Å². The van der Waals surface area contributed by atoms with E-state index in [1.54, 1.807) is 30.6 Å². The van der Waals surface area contributed by atoms with Crippen LogP contribution in [-0.2, 0) is 11.3 Å². The fraction of sp³-hybridized carbons (Fsp3) is 0.389. The minimum Gasteiger partial charge on any atom is -0.435 e. The summed E-state index contributed by atoms with van der Waals surface area (Å²) in [7, 11) is 0. The number of aromatic nitrogens is 2. The summed E-state index contributed by atoms with van der Waals surface area (Å²) in [6.07, 6.45) is 5.04. The number of nitrogens with one attached hydrogen (secondary N) is 1. The molecule has 8 heteroatoms. The Morgan fingerprint density at radius 1 is 1.31 bits per heavy atom. The highest BCUT2D eigenvalue weighted by molar-refractivity contribution is 5.79. The van der Waals surface area contributed by atoms with E-state index in [9.17, 15) is 13.6 Å². The van der Waals surface area contributed by atoms with Crippen LogP contribution in [0, 0.1) is 5.92 Å². The number of benzene rings is 1. The summed E-state index contributed by atoms with van der Waals surface area (Å²) in [6.45, 7) is -1.23. The van der Waals surface area contributed by atoms with E-state index in [0.29, 0.717) is 18.1 Å². The van der Waals surface area contributed by atoms with Crippen molar-refractivity contribution in [3.05, 3.63) is 48.3 Å². The highest BCUT2D eigenvalue weighted by Crippen LogP contribution is 2.20. The molecule has 1 aliphatic heterocycles. The summed E-state index contributed by atoms with van der Waals surface area (Å²) in [6, 6.07) is 8.08. The van der Waals surface area contributed by atoms with Crippen LogP contribution in [0.15, 0.2) is 42.7 Å². The van der Waals surface area contributed by atoms with Crippen LogP contribution in [0.1, 0.15) is 18.4 Å². The summed E-state index contributed by atoms with van der Waals surface area (Å²) < 4.78 is 28.9. The lowest BCUT2D eigenvalue weighted by molar-refractivity contribution is -0.125. The van der Waals surface area contributed by atoms with Gasteiger partial charge in [-0.05, 0) is 36.6 Å². The first-order valence-electron chi connectivity index (χ1n) is 8.45. The van der Waals surface area contributed by atoms with E-state index >= 15 is 0 Å². The van der Waals surface area contributed by atoms with Crippen molar-refractivity contribution < 1.29 is 18.3 Å². The number of anilines is 1. The van der Waals surface area contributed by atoms with Crippen molar-refractivity contribution in [1.29, 1.82) is 0 Å². The van der Waals surface area contributed by atoms with Crippen molar-refractivity contribution >= 4 is 11.9 Å². The first-order chi connectivity index (χ1) is 12.6. The molecule has 0 radical (unpaired) electrons. The molecule has 1 saturated heterocycles. The molecule has 0 saturated carbocycles. The third kappa shape index (κ3) is 4.87. The zero-order valence-corrected chi connectivity index (χ0v) is 14.1. The topological polar surface area (TPSA) is 67.3 Å². The second kappa shape index (κ2) is 8.55. The fourth-order valence-electron chi connectivity index (χ4n) is 2.99. The van der Waals surface area contributed by atoms with Gasteiger partial charge in [-0.3, -0.25) is 4.79 Å². The van der Waals surface area contributed by atoms with Crippen molar-refractivity contribution in [3.63, 3.8) is 0 Å². The van der Waals surface area contributed by atoms with Crippen molar-refractivity contribution in [2.75, 3.05) is 18.0 Å².